The fourth-order valence-corrected chi connectivity index (χ4v) is 17.0. The van der Waals surface area contributed by atoms with Crippen LogP contribution in [0.3, 0.4) is 0 Å². The summed E-state index contributed by atoms with van der Waals surface area (Å²) in [6.07, 6.45) is 10.8. The van der Waals surface area contributed by atoms with Crippen LogP contribution >= 0.6 is 22.7 Å². The molecule has 2 N–H and O–H groups in total. The number of benzene rings is 2. The minimum Gasteiger partial charge on any atom is -0.481 e. The summed E-state index contributed by atoms with van der Waals surface area (Å²) in [4.78, 5) is 45.3. The van der Waals surface area contributed by atoms with E-state index < -0.39 is 5.97 Å². The zero-order valence-corrected chi connectivity index (χ0v) is 50.7. The Morgan fingerprint density at radius 1 is 0.621 bits per heavy atom. The molecule has 8 saturated carbocycles. The number of hydrogen-bond donors (Lipinski definition) is 2. The summed E-state index contributed by atoms with van der Waals surface area (Å²) < 4.78 is 31.2. The fraction of sp³-hybridized carbons (Fsp3) is 0.455. The number of aliphatic carboxylic acids is 1. The van der Waals surface area contributed by atoms with Gasteiger partial charge in [0, 0.05) is 123 Å². The standard InChI is InChI=1S/C33H32FN7OS.C27H26FN7S.C6H8O2/c1-19-9-24(39-15-32(16-39)17-40(18-32)30(42)33-11-20(12-33)13-33)10-25-29(28(22-3-4-22)37-41(19)25)38(2)31-36-27(26(14-35)43-31)21-5-7-23(34)8-6-21;1-16-9-20(34-14-27(15-34)12-30-13-27)10-21-25(24(18-3-4-18)32-35(16)21)33(2)26-31-23(22(11-29)36-26)17-5-7-19(28)8-6-17;7-5(8)6-1-4(2-6)3-6/h5-10,20,22H,3-4,11-13,15-18H2,1-2H3;5-10,18,30H,3-4,12-15H2,1-2H3;4H,1-3H2,(H,7,8). The van der Waals surface area contributed by atoms with Gasteiger partial charge >= 0.3 is 5.97 Å². The number of carboxylic acids is 1. The molecule has 4 aliphatic heterocycles. The fourth-order valence-electron chi connectivity index (χ4n) is 15.3. The maximum atomic E-state index is 13.6. The molecule has 87 heavy (non-hydrogen) atoms. The van der Waals surface area contributed by atoms with Gasteiger partial charge in [0.1, 0.15) is 44.9 Å². The van der Waals surface area contributed by atoms with Crippen molar-refractivity contribution in [3.63, 3.8) is 0 Å². The molecular formula is C66H66F2N14O3S2. The number of aryl methyl sites for hydroxylation is 2. The monoisotopic (exact) mass is 1200 g/mol. The van der Waals surface area contributed by atoms with E-state index >= 15 is 0 Å². The summed E-state index contributed by atoms with van der Waals surface area (Å²) in [5.41, 5.74) is 14.1. The lowest BCUT2D eigenvalue weighted by Crippen LogP contribution is -2.76. The predicted molar refractivity (Wildman–Crippen MR) is 330 cm³/mol. The second kappa shape index (κ2) is 19.5. The third-order valence-electron chi connectivity index (χ3n) is 20.8. The molecule has 12 aliphatic rings. The van der Waals surface area contributed by atoms with Crippen LogP contribution in [0.15, 0.2) is 72.8 Å². The molecule has 8 aliphatic carbocycles. The van der Waals surface area contributed by atoms with E-state index in [1.165, 1.54) is 58.3 Å². The van der Waals surface area contributed by atoms with Crippen molar-refractivity contribution in [2.45, 2.75) is 89.9 Å². The molecular weight excluding hydrogens is 1140 g/mol. The molecule has 21 heteroatoms. The summed E-state index contributed by atoms with van der Waals surface area (Å²) in [7, 11) is 4.02. The Morgan fingerprint density at radius 2 is 1.03 bits per heavy atom. The number of amides is 1. The molecule has 2 aromatic carbocycles. The zero-order chi connectivity index (χ0) is 59.6. The maximum Gasteiger partial charge on any atom is 0.309 e. The highest BCUT2D eigenvalue weighted by Crippen LogP contribution is 2.66. The Bertz CT molecular complexity index is 4220. The molecule has 6 aromatic heterocycles. The summed E-state index contributed by atoms with van der Waals surface area (Å²) in [6.45, 7) is 12.3. The van der Waals surface area contributed by atoms with Crippen LogP contribution in [0.5, 0.6) is 0 Å². The van der Waals surface area contributed by atoms with Gasteiger partial charge in [-0.2, -0.15) is 20.7 Å². The topological polar surface area (TPSA) is 191 Å². The Kier molecular flexibility index (Phi) is 12.2. The van der Waals surface area contributed by atoms with Crippen molar-refractivity contribution in [3.05, 3.63) is 117 Å². The number of nitrogens with one attached hydrogen (secondary N) is 1. The number of likely N-dealkylation sites (tertiary alicyclic amines) is 1. The van der Waals surface area contributed by atoms with E-state index in [-0.39, 0.29) is 27.9 Å². The lowest BCUT2D eigenvalue weighted by atomic mass is 9.43. The number of fused-ring (bicyclic) bond motifs is 2. The number of nitriles is 2. The highest BCUT2D eigenvalue weighted by Gasteiger charge is 2.65. The molecule has 4 saturated heterocycles. The molecule has 4 bridgehead atoms. The average molecular weight is 1210 g/mol. The van der Waals surface area contributed by atoms with E-state index in [0.717, 1.165) is 190 Å². The van der Waals surface area contributed by atoms with E-state index in [0.29, 0.717) is 49.4 Å². The third kappa shape index (κ3) is 8.83. The van der Waals surface area contributed by atoms with Crippen molar-refractivity contribution in [2.24, 2.45) is 33.5 Å². The molecule has 0 radical (unpaired) electrons. The first-order chi connectivity index (χ1) is 41.9. The Hall–Kier alpha value is -7.98. The second-order valence-electron chi connectivity index (χ2n) is 27.3. The molecule has 8 aromatic rings. The van der Waals surface area contributed by atoms with Crippen LogP contribution in [0.1, 0.15) is 109 Å². The summed E-state index contributed by atoms with van der Waals surface area (Å²) in [5.74, 6) is 1.70. The quantitative estimate of drug-likeness (QED) is 0.117. The van der Waals surface area contributed by atoms with Gasteiger partial charge in [-0.05, 0) is 163 Å². The number of halogens is 2. The highest BCUT2D eigenvalue weighted by atomic mass is 32.1. The van der Waals surface area contributed by atoms with Gasteiger partial charge in [-0.15, -0.1) is 0 Å². The van der Waals surface area contributed by atoms with E-state index in [4.69, 9.17) is 25.3 Å². The highest BCUT2D eigenvalue weighted by molar-refractivity contribution is 7.17. The van der Waals surface area contributed by atoms with E-state index in [2.05, 4.69) is 84.6 Å². The van der Waals surface area contributed by atoms with Crippen molar-refractivity contribution in [2.75, 3.05) is 86.1 Å². The molecule has 2 spiro atoms. The van der Waals surface area contributed by atoms with Crippen molar-refractivity contribution >= 4 is 78.6 Å². The van der Waals surface area contributed by atoms with Crippen LogP contribution in [-0.4, -0.2) is 118 Å². The number of pyridine rings is 2. The van der Waals surface area contributed by atoms with Crippen LogP contribution in [0.2, 0.25) is 0 Å². The van der Waals surface area contributed by atoms with Gasteiger partial charge in [-0.3, -0.25) is 9.59 Å². The van der Waals surface area contributed by atoms with Gasteiger partial charge in [0.2, 0.25) is 5.91 Å². The minimum absolute atomic E-state index is 0.0206. The number of rotatable bonds is 12. The second-order valence-corrected chi connectivity index (χ2v) is 29.3. The predicted octanol–water partition coefficient (Wildman–Crippen LogP) is 11.6. The molecule has 0 atom stereocenters. The molecule has 10 heterocycles. The first kappa shape index (κ1) is 54.4. The number of carbonyl (C=O) groups is 2. The summed E-state index contributed by atoms with van der Waals surface area (Å²) in [6, 6.07) is 25.8. The van der Waals surface area contributed by atoms with E-state index in [1.54, 1.807) is 24.3 Å². The SMILES string of the molecule is Cc1cc(N2CC3(CN(C(=O)C45CC(C4)C5)C3)C2)cc2c(N(C)c3nc(-c4ccc(F)cc4)c(C#N)s3)c(C3CC3)nn12.Cc1cc(N2CC3(CNC3)C2)cc2c(N(C)c3nc(-c4ccc(F)cc4)c(C#N)s3)c(C3CC3)nn12.O=C(O)C12CC(C1)C2. The lowest BCUT2D eigenvalue weighted by molar-refractivity contribution is -0.189. The zero-order valence-electron chi connectivity index (χ0n) is 49.1. The van der Waals surface area contributed by atoms with Crippen LogP contribution in [0.4, 0.5) is 41.8 Å². The van der Waals surface area contributed by atoms with E-state index in [9.17, 15) is 28.9 Å². The number of carbonyl (C=O) groups excluding carboxylic acids is 1. The Balaban J connectivity index is 0.000000126. The third-order valence-corrected chi connectivity index (χ3v) is 22.9. The van der Waals surface area contributed by atoms with Crippen LogP contribution in [0.25, 0.3) is 33.5 Å². The van der Waals surface area contributed by atoms with Gasteiger partial charge in [0.15, 0.2) is 10.3 Å². The minimum atomic E-state index is -0.569. The maximum absolute atomic E-state index is 13.6. The van der Waals surface area contributed by atoms with Crippen molar-refractivity contribution in [1.82, 2.24) is 39.4 Å². The van der Waals surface area contributed by atoms with E-state index in [1.807, 2.05) is 18.6 Å². The first-order valence-electron chi connectivity index (χ1n) is 30.5. The first-order valence-corrected chi connectivity index (χ1v) is 32.2. The largest absolute Gasteiger partial charge is 0.481 e. The summed E-state index contributed by atoms with van der Waals surface area (Å²) >= 11 is 2.71. The number of anilines is 6. The van der Waals surface area contributed by atoms with Gasteiger partial charge in [0.25, 0.3) is 0 Å². The van der Waals surface area contributed by atoms with Crippen molar-refractivity contribution < 1.29 is 23.5 Å². The number of aromatic nitrogens is 6. The molecule has 20 rings (SSSR count). The van der Waals surface area contributed by atoms with Gasteiger partial charge in [0.05, 0.1) is 44.6 Å². The Morgan fingerprint density at radius 3 is 1.37 bits per heavy atom. The molecule has 444 valence electrons. The molecule has 17 nitrogen and oxygen atoms in total. The van der Waals surface area contributed by atoms with Gasteiger partial charge < -0.3 is 34.9 Å². The van der Waals surface area contributed by atoms with Crippen LogP contribution in [-0.2, 0) is 9.59 Å². The number of carboxylic acid groups (broad SMARTS) is 1. The number of nitrogens with zero attached hydrogens (tertiary/aromatic N) is 13. The normalized spacial score (nSPS) is 24.3. The van der Waals surface area contributed by atoms with Gasteiger partial charge in [-0.25, -0.2) is 27.8 Å². The number of thiazole rings is 2. The van der Waals surface area contributed by atoms with Crippen molar-refractivity contribution in [1.29, 1.82) is 10.5 Å². The van der Waals surface area contributed by atoms with Crippen molar-refractivity contribution in [3.8, 4) is 34.7 Å². The van der Waals surface area contributed by atoms with Gasteiger partial charge in [-0.1, -0.05) is 22.7 Å². The molecule has 1 amide bonds. The average Bonchev–Trinajstić information content (AvgIpc) is 1.76. The molecule has 12 fully saturated rings. The lowest BCUT2D eigenvalue weighted by Gasteiger charge is -2.66. The van der Waals surface area contributed by atoms with Crippen LogP contribution in [0, 0.1) is 81.6 Å². The number of hydrogen-bond acceptors (Lipinski definition) is 15. The van der Waals surface area contributed by atoms with Crippen LogP contribution < -0.4 is 24.9 Å². The smallest absolute Gasteiger partial charge is 0.309 e. The Labute approximate surface area is 510 Å². The molecule has 0 unspecified atom stereocenters. The summed E-state index contributed by atoms with van der Waals surface area (Å²) in [5, 5.41) is 43.3.